The van der Waals surface area contributed by atoms with Crippen molar-refractivity contribution in [1.82, 2.24) is 10.7 Å². The van der Waals surface area contributed by atoms with Crippen molar-refractivity contribution in [3.8, 4) is 0 Å². The van der Waals surface area contributed by atoms with Crippen molar-refractivity contribution in [3.05, 3.63) is 0 Å². The number of amides is 2. The van der Waals surface area contributed by atoms with E-state index in [1.165, 1.54) is 0 Å². The standard InChI is InChI=1S/C6H11N3O5/c7-9-6(14)8-3(5(12)13)1-2-4(10)11/h3H,1-2,7H2,(H,10,11)(H,12,13)(H2,8,9,14). The summed E-state index contributed by atoms with van der Waals surface area (Å²) in [6.07, 6.45) is -0.542. The molecular weight excluding hydrogens is 194 g/mol. The number of carbonyl (C=O) groups is 3. The third kappa shape index (κ3) is 4.93. The first-order chi connectivity index (χ1) is 6.47. The molecule has 0 saturated heterocycles. The molecule has 0 spiro atoms. The summed E-state index contributed by atoms with van der Waals surface area (Å²) in [6, 6.07) is -2.13. The molecule has 0 radical (unpaired) electrons. The molecule has 0 aliphatic rings. The topological polar surface area (TPSA) is 142 Å². The molecule has 8 heteroatoms. The van der Waals surface area contributed by atoms with E-state index in [-0.39, 0.29) is 12.8 Å². The van der Waals surface area contributed by atoms with Gasteiger partial charge in [-0.25, -0.2) is 15.4 Å². The van der Waals surface area contributed by atoms with Crippen LogP contribution in [0.25, 0.3) is 0 Å². The molecule has 0 fully saturated rings. The van der Waals surface area contributed by atoms with Crippen LogP contribution in [0.3, 0.4) is 0 Å². The van der Waals surface area contributed by atoms with Crippen molar-refractivity contribution in [3.63, 3.8) is 0 Å². The van der Waals surface area contributed by atoms with Crippen molar-refractivity contribution >= 4 is 18.0 Å². The summed E-state index contributed by atoms with van der Waals surface area (Å²) < 4.78 is 0. The fourth-order valence-electron chi connectivity index (χ4n) is 0.725. The van der Waals surface area contributed by atoms with Gasteiger partial charge in [0.1, 0.15) is 6.04 Å². The molecule has 6 N–H and O–H groups in total. The molecule has 80 valence electrons. The van der Waals surface area contributed by atoms with E-state index in [1.54, 1.807) is 5.43 Å². The number of aliphatic carboxylic acids is 2. The van der Waals surface area contributed by atoms with Crippen molar-refractivity contribution < 1.29 is 24.6 Å². The molecule has 0 heterocycles. The fourth-order valence-corrected chi connectivity index (χ4v) is 0.725. The van der Waals surface area contributed by atoms with Crippen molar-refractivity contribution in [2.45, 2.75) is 18.9 Å². The maximum absolute atomic E-state index is 10.6. The molecule has 14 heavy (non-hydrogen) atoms. The monoisotopic (exact) mass is 205 g/mol. The van der Waals surface area contributed by atoms with Crippen LogP contribution < -0.4 is 16.6 Å². The largest absolute Gasteiger partial charge is 0.481 e. The smallest absolute Gasteiger partial charge is 0.329 e. The summed E-state index contributed by atoms with van der Waals surface area (Å²) in [5.41, 5.74) is 1.68. The SMILES string of the molecule is NNC(=O)NC(CCC(=O)O)C(=O)O. The number of nitrogens with one attached hydrogen (secondary N) is 2. The number of hydrogen-bond acceptors (Lipinski definition) is 4. The molecule has 0 saturated carbocycles. The Morgan fingerprint density at radius 2 is 1.86 bits per heavy atom. The van der Waals surface area contributed by atoms with Crippen LogP contribution in [0.4, 0.5) is 4.79 Å². The van der Waals surface area contributed by atoms with E-state index in [0.29, 0.717) is 0 Å². The van der Waals surface area contributed by atoms with E-state index in [1.807, 2.05) is 5.32 Å². The van der Waals surface area contributed by atoms with E-state index < -0.39 is 24.0 Å². The number of carboxylic acid groups (broad SMARTS) is 2. The van der Waals surface area contributed by atoms with Gasteiger partial charge >= 0.3 is 18.0 Å². The average molecular weight is 205 g/mol. The van der Waals surface area contributed by atoms with Crippen LogP contribution in [0.15, 0.2) is 0 Å². The van der Waals surface area contributed by atoms with E-state index >= 15 is 0 Å². The Balaban J connectivity index is 4.09. The minimum absolute atomic E-state index is 0.196. The van der Waals surface area contributed by atoms with Crippen molar-refractivity contribution in [1.29, 1.82) is 0 Å². The number of carbonyl (C=O) groups excluding carboxylic acids is 1. The summed E-state index contributed by atoms with van der Waals surface area (Å²) in [6.45, 7) is 0. The fraction of sp³-hybridized carbons (Fsp3) is 0.500. The van der Waals surface area contributed by atoms with Crippen LogP contribution in [0, 0.1) is 0 Å². The summed E-state index contributed by atoms with van der Waals surface area (Å²) in [5, 5.41) is 18.8. The molecule has 1 atom stereocenters. The summed E-state index contributed by atoms with van der Waals surface area (Å²) in [7, 11) is 0. The summed E-state index contributed by atoms with van der Waals surface area (Å²) >= 11 is 0. The predicted molar refractivity (Wildman–Crippen MR) is 44.1 cm³/mol. The number of nitrogens with two attached hydrogens (primary N) is 1. The molecule has 0 aromatic heterocycles. The van der Waals surface area contributed by atoms with Crippen LogP contribution in [-0.4, -0.2) is 34.2 Å². The molecule has 8 nitrogen and oxygen atoms in total. The van der Waals surface area contributed by atoms with Gasteiger partial charge < -0.3 is 15.5 Å². The Kier molecular flexibility index (Phi) is 5.00. The normalized spacial score (nSPS) is 11.5. The lowest BCUT2D eigenvalue weighted by molar-refractivity contribution is -0.140. The van der Waals surface area contributed by atoms with E-state index in [4.69, 9.17) is 16.1 Å². The number of urea groups is 1. The minimum atomic E-state index is -1.31. The number of rotatable bonds is 5. The van der Waals surface area contributed by atoms with Crippen LogP contribution in [0.2, 0.25) is 0 Å². The zero-order valence-corrected chi connectivity index (χ0v) is 7.19. The van der Waals surface area contributed by atoms with Crippen molar-refractivity contribution in [2.75, 3.05) is 0 Å². The highest BCUT2D eigenvalue weighted by Crippen LogP contribution is 1.97. The van der Waals surface area contributed by atoms with Gasteiger partial charge in [-0.05, 0) is 6.42 Å². The maximum atomic E-state index is 10.6. The Morgan fingerprint density at radius 3 is 2.21 bits per heavy atom. The van der Waals surface area contributed by atoms with Gasteiger partial charge in [0.05, 0.1) is 0 Å². The second-order valence-electron chi connectivity index (χ2n) is 2.44. The molecule has 0 aliphatic carbocycles. The van der Waals surface area contributed by atoms with Gasteiger partial charge in [-0.3, -0.25) is 10.2 Å². The number of carboxylic acids is 2. The van der Waals surface area contributed by atoms with Gasteiger partial charge in [0.15, 0.2) is 0 Å². The second-order valence-corrected chi connectivity index (χ2v) is 2.44. The van der Waals surface area contributed by atoms with Gasteiger partial charge in [0.2, 0.25) is 0 Å². The number of hydrogen-bond donors (Lipinski definition) is 5. The molecular formula is C6H11N3O5. The van der Waals surface area contributed by atoms with Crippen LogP contribution in [0.1, 0.15) is 12.8 Å². The lowest BCUT2D eigenvalue weighted by Gasteiger charge is -2.12. The van der Waals surface area contributed by atoms with Gasteiger partial charge in [0, 0.05) is 6.42 Å². The number of hydrazine groups is 1. The Labute approximate surface area is 79.0 Å². The Morgan fingerprint density at radius 1 is 1.29 bits per heavy atom. The average Bonchev–Trinajstić information content (AvgIpc) is 2.10. The first-order valence-electron chi connectivity index (χ1n) is 3.69. The highest BCUT2D eigenvalue weighted by atomic mass is 16.4. The predicted octanol–water partition coefficient (Wildman–Crippen LogP) is -1.52. The third-order valence-electron chi connectivity index (χ3n) is 1.38. The van der Waals surface area contributed by atoms with Gasteiger partial charge in [0.25, 0.3) is 0 Å². The van der Waals surface area contributed by atoms with Gasteiger partial charge in [-0.2, -0.15) is 0 Å². The molecule has 0 aromatic rings. The first-order valence-corrected chi connectivity index (χ1v) is 3.69. The van der Waals surface area contributed by atoms with Crippen LogP contribution in [-0.2, 0) is 9.59 Å². The van der Waals surface area contributed by atoms with Crippen LogP contribution >= 0.6 is 0 Å². The maximum Gasteiger partial charge on any atom is 0.329 e. The van der Waals surface area contributed by atoms with Crippen molar-refractivity contribution in [2.24, 2.45) is 5.84 Å². The summed E-state index contributed by atoms with van der Waals surface area (Å²) in [4.78, 5) is 31.2. The minimum Gasteiger partial charge on any atom is -0.481 e. The molecule has 0 aromatic carbocycles. The van der Waals surface area contributed by atoms with Crippen LogP contribution in [0.5, 0.6) is 0 Å². The third-order valence-corrected chi connectivity index (χ3v) is 1.38. The van der Waals surface area contributed by atoms with E-state index in [2.05, 4.69) is 0 Å². The zero-order chi connectivity index (χ0) is 11.1. The molecule has 0 bridgehead atoms. The lowest BCUT2D eigenvalue weighted by atomic mass is 10.1. The molecule has 2 amide bonds. The van der Waals surface area contributed by atoms with E-state index in [9.17, 15) is 14.4 Å². The zero-order valence-electron chi connectivity index (χ0n) is 7.19. The molecule has 0 rings (SSSR count). The lowest BCUT2D eigenvalue weighted by Crippen LogP contribution is -2.48. The highest BCUT2D eigenvalue weighted by Gasteiger charge is 2.20. The second kappa shape index (κ2) is 5.75. The summed E-state index contributed by atoms with van der Waals surface area (Å²) in [5.74, 6) is 2.26. The Hall–Kier alpha value is -1.83. The Bertz CT molecular complexity index is 242. The van der Waals surface area contributed by atoms with Gasteiger partial charge in [-0.1, -0.05) is 0 Å². The van der Waals surface area contributed by atoms with E-state index in [0.717, 1.165) is 0 Å². The quantitative estimate of drug-likeness (QED) is 0.209. The van der Waals surface area contributed by atoms with Gasteiger partial charge in [-0.15, -0.1) is 0 Å². The molecule has 0 aliphatic heterocycles. The molecule has 1 unspecified atom stereocenters. The highest BCUT2D eigenvalue weighted by molar-refractivity contribution is 5.82. The first kappa shape index (κ1) is 12.2.